The Morgan fingerprint density at radius 2 is 2.64 bits per heavy atom. The minimum Gasteiger partial charge on any atom is -0.378 e. The number of carbonyl (C=O) groups excluding carboxylic acids is 1. The second kappa shape index (κ2) is 4.30. The van der Waals surface area contributed by atoms with Gasteiger partial charge in [0.05, 0.1) is 19.3 Å². The van der Waals surface area contributed by atoms with E-state index in [1.807, 2.05) is 0 Å². The van der Waals surface area contributed by atoms with Gasteiger partial charge in [0.25, 0.3) is 0 Å². The van der Waals surface area contributed by atoms with Crippen molar-refractivity contribution >= 4 is 5.78 Å². The summed E-state index contributed by atoms with van der Waals surface area (Å²) in [4.78, 5) is 15.7. The van der Waals surface area contributed by atoms with E-state index in [-0.39, 0.29) is 11.8 Å². The van der Waals surface area contributed by atoms with Crippen LogP contribution in [0.5, 0.6) is 0 Å². The van der Waals surface area contributed by atoms with E-state index in [1.165, 1.54) is 6.20 Å². The molecule has 0 aliphatic carbocycles. The molecule has 4 heteroatoms. The molecule has 0 saturated carbocycles. The van der Waals surface area contributed by atoms with Crippen LogP contribution in [0, 0.1) is 6.07 Å². The lowest BCUT2D eigenvalue weighted by molar-refractivity contribution is 0.0604. The molecule has 1 aromatic rings. The number of carbonyl (C=O) groups is 1. The van der Waals surface area contributed by atoms with Crippen LogP contribution in [0.3, 0.4) is 0 Å². The number of nitrogens with zero attached hydrogens (tertiary/aromatic N) is 1. The van der Waals surface area contributed by atoms with Crippen LogP contribution in [0.4, 0.5) is 0 Å². The average Bonchev–Trinajstić information content (AvgIpc) is 2.30. The number of aromatic nitrogens is 1. The first-order valence-electron chi connectivity index (χ1n) is 4.55. The topological polar surface area (TPSA) is 51.2 Å². The predicted octanol–water partition coefficient (Wildman–Crippen LogP) is 0.0529. The van der Waals surface area contributed by atoms with Crippen molar-refractivity contribution in [3.63, 3.8) is 0 Å². The molecule has 1 unspecified atom stereocenters. The van der Waals surface area contributed by atoms with Crippen LogP contribution < -0.4 is 5.32 Å². The predicted molar refractivity (Wildman–Crippen MR) is 50.0 cm³/mol. The zero-order valence-corrected chi connectivity index (χ0v) is 7.69. The van der Waals surface area contributed by atoms with Crippen LogP contribution in [0.15, 0.2) is 18.3 Å². The first kappa shape index (κ1) is 9.30. The van der Waals surface area contributed by atoms with E-state index in [1.54, 1.807) is 12.1 Å². The highest BCUT2D eigenvalue weighted by molar-refractivity contribution is 5.98. The second-order valence-electron chi connectivity index (χ2n) is 3.09. The van der Waals surface area contributed by atoms with Crippen molar-refractivity contribution < 1.29 is 9.53 Å². The summed E-state index contributed by atoms with van der Waals surface area (Å²) in [7, 11) is 0. The number of hydrogen-bond donors (Lipinski definition) is 1. The normalized spacial score (nSPS) is 21.9. The molecule has 0 bridgehead atoms. The molecule has 1 fully saturated rings. The summed E-state index contributed by atoms with van der Waals surface area (Å²) in [5, 5.41) is 3.09. The molecule has 1 aliphatic heterocycles. The summed E-state index contributed by atoms with van der Waals surface area (Å²) >= 11 is 0. The number of rotatable bonds is 2. The van der Waals surface area contributed by atoms with Crippen molar-refractivity contribution in [2.45, 2.75) is 6.04 Å². The number of ether oxygens (including phenoxy) is 1. The van der Waals surface area contributed by atoms with Crippen LogP contribution in [-0.2, 0) is 4.74 Å². The van der Waals surface area contributed by atoms with Gasteiger partial charge in [-0.3, -0.25) is 9.78 Å². The van der Waals surface area contributed by atoms with Gasteiger partial charge in [0.15, 0.2) is 5.78 Å². The van der Waals surface area contributed by atoms with Crippen molar-refractivity contribution in [3.8, 4) is 0 Å². The summed E-state index contributed by atoms with van der Waals surface area (Å²) in [5.74, 6) is -0.0151. The first-order chi connectivity index (χ1) is 6.88. The molecule has 4 nitrogen and oxygen atoms in total. The summed E-state index contributed by atoms with van der Waals surface area (Å²) in [6, 6.07) is 5.87. The fourth-order valence-corrected chi connectivity index (χ4v) is 1.38. The number of Topliss-reactive ketones (excluding diaryl/α,β-unsaturated/α-hetero) is 1. The van der Waals surface area contributed by atoms with Gasteiger partial charge in [0.2, 0.25) is 0 Å². The summed E-state index contributed by atoms with van der Waals surface area (Å²) in [5.41, 5.74) is 0.465. The Kier molecular flexibility index (Phi) is 2.86. The smallest absolute Gasteiger partial charge is 0.200 e. The maximum absolute atomic E-state index is 11.8. The van der Waals surface area contributed by atoms with Gasteiger partial charge in [-0.25, -0.2) is 0 Å². The molecule has 14 heavy (non-hydrogen) atoms. The van der Waals surface area contributed by atoms with Crippen molar-refractivity contribution in [3.05, 3.63) is 30.1 Å². The number of ketones is 1. The number of morpholine rings is 1. The largest absolute Gasteiger partial charge is 0.378 e. The minimum absolute atomic E-state index is 0.0151. The molecule has 1 atom stereocenters. The van der Waals surface area contributed by atoms with Crippen LogP contribution in [0.25, 0.3) is 0 Å². The first-order valence-corrected chi connectivity index (χ1v) is 4.55. The third kappa shape index (κ3) is 1.97. The van der Waals surface area contributed by atoms with Crippen molar-refractivity contribution in [1.29, 1.82) is 0 Å². The Labute approximate surface area is 82.3 Å². The summed E-state index contributed by atoms with van der Waals surface area (Å²) < 4.78 is 5.21. The third-order valence-corrected chi connectivity index (χ3v) is 2.11. The SMILES string of the molecule is O=C(c1cc[c]cn1)C1COCCN1. The van der Waals surface area contributed by atoms with Crippen LogP contribution >= 0.6 is 0 Å². The molecule has 2 heterocycles. The van der Waals surface area contributed by atoms with Crippen LogP contribution in [0.2, 0.25) is 0 Å². The standard InChI is InChI=1S/C10H11N2O2/c13-10(8-3-1-2-4-11-8)9-7-14-6-5-12-9/h1,3-4,9,12H,5-7H2. The molecule has 1 radical (unpaired) electrons. The number of pyridine rings is 1. The summed E-state index contributed by atoms with van der Waals surface area (Å²) in [6.07, 6.45) is 1.50. The van der Waals surface area contributed by atoms with Crippen LogP contribution in [0.1, 0.15) is 10.5 Å². The average molecular weight is 191 g/mol. The molecule has 2 rings (SSSR count). The molecule has 73 valence electrons. The Hall–Kier alpha value is -1.26. The fraction of sp³-hybridized carbons (Fsp3) is 0.400. The maximum atomic E-state index is 11.8. The molecular formula is C10H11N2O2. The minimum atomic E-state index is -0.251. The molecule has 1 aliphatic rings. The maximum Gasteiger partial charge on any atom is 0.200 e. The molecule has 0 spiro atoms. The Morgan fingerprint density at radius 1 is 1.71 bits per heavy atom. The highest BCUT2D eigenvalue weighted by atomic mass is 16.5. The number of nitrogens with one attached hydrogen (secondary N) is 1. The highest BCUT2D eigenvalue weighted by Crippen LogP contribution is 2.02. The monoisotopic (exact) mass is 191 g/mol. The Morgan fingerprint density at radius 3 is 3.29 bits per heavy atom. The Bertz CT molecular complexity index is 307. The van der Waals surface area contributed by atoms with Gasteiger partial charge in [-0.15, -0.1) is 0 Å². The molecule has 1 aromatic heterocycles. The fourth-order valence-electron chi connectivity index (χ4n) is 1.38. The van der Waals surface area contributed by atoms with Gasteiger partial charge in [-0.1, -0.05) is 6.07 Å². The van der Waals surface area contributed by atoms with E-state index in [0.717, 1.165) is 6.54 Å². The van der Waals surface area contributed by atoms with E-state index in [4.69, 9.17) is 4.74 Å². The van der Waals surface area contributed by atoms with E-state index >= 15 is 0 Å². The lowest BCUT2D eigenvalue weighted by Crippen LogP contribution is -2.46. The van der Waals surface area contributed by atoms with E-state index in [2.05, 4.69) is 16.4 Å². The van der Waals surface area contributed by atoms with Gasteiger partial charge in [-0.05, 0) is 6.07 Å². The second-order valence-corrected chi connectivity index (χ2v) is 3.09. The zero-order chi connectivity index (χ0) is 9.80. The molecule has 1 saturated heterocycles. The van der Waals surface area contributed by atoms with E-state index in [0.29, 0.717) is 18.9 Å². The lowest BCUT2D eigenvalue weighted by atomic mass is 10.1. The quantitative estimate of drug-likeness (QED) is 0.671. The highest BCUT2D eigenvalue weighted by Gasteiger charge is 2.22. The van der Waals surface area contributed by atoms with Crippen molar-refractivity contribution in [2.24, 2.45) is 0 Å². The molecular weight excluding hydrogens is 180 g/mol. The van der Waals surface area contributed by atoms with Gasteiger partial charge in [0.1, 0.15) is 5.69 Å². The molecule has 1 N–H and O–H groups in total. The van der Waals surface area contributed by atoms with Gasteiger partial charge >= 0.3 is 0 Å². The van der Waals surface area contributed by atoms with Gasteiger partial charge in [0, 0.05) is 18.8 Å². The Balaban J connectivity index is 2.07. The third-order valence-electron chi connectivity index (χ3n) is 2.11. The van der Waals surface area contributed by atoms with E-state index < -0.39 is 0 Å². The van der Waals surface area contributed by atoms with Crippen LogP contribution in [-0.4, -0.2) is 36.6 Å². The van der Waals surface area contributed by atoms with E-state index in [9.17, 15) is 4.79 Å². The molecule has 0 amide bonds. The van der Waals surface area contributed by atoms with Gasteiger partial charge < -0.3 is 10.1 Å². The van der Waals surface area contributed by atoms with Crippen molar-refractivity contribution in [2.75, 3.05) is 19.8 Å². The lowest BCUT2D eigenvalue weighted by Gasteiger charge is -2.22. The van der Waals surface area contributed by atoms with Gasteiger partial charge in [-0.2, -0.15) is 0 Å². The van der Waals surface area contributed by atoms with Crippen molar-refractivity contribution in [1.82, 2.24) is 10.3 Å². The zero-order valence-electron chi connectivity index (χ0n) is 7.69. The number of hydrogen-bond acceptors (Lipinski definition) is 4. The summed E-state index contributed by atoms with van der Waals surface area (Å²) in [6.45, 7) is 1.81. The molecule has 0 aromatic carbocycles.